The zero-order chi connectivity index (χ0) is 17.6. The maximum absolute atomic E-state index is 6.08. The molecule has 3 N–H and O–H groups in total. The number of nitrogens with two attached hydrogens (primary N) is 1. The molecule has 1 unspecified atom stereocenters. The SMILES string of the molecule is CN(C)c1ccc(CCN=C(N)NC2CCOc3ccccc32)cc1.I. The van der Waals surface area contributed by atoms with Gasteiger partial charge in [-0.25, -0.2) is 0 Å². The first-order valence-corrected chi connectivity index (χ1v) is 8.68. The third-order valence-electron chi connectivity index (χ3n) is 4.42. The zero-order valence-corrected chi connectivity index (χ0v) is 17.6. The number of guanidine groups is 1. The maximum atomic E-state index is 6.08. The fraction of sp³-hybridized carbons (Fsp3) is 0.350. The fourth-order valence-electron chi connectivity index (χ4n) is 2.98. The van der Waals surface area contributed by atoms with Gasteiger partial charge in [0.25, 0.3) is 0 Å². The van der Waals surface area contributed by atoms with Gasteiger partial charge < -0.3 is 20.7 Å². The lowest BCUT2D eigenvalue weighted by molar-refractivity contribution is 0.262. The second kappa shape index (κ2) is 9.66. The van der Waals surface area contributed by atoms with Gasteiger partial charge in [0.15, 0.2) is 5.96 Å². The molecule has 140 valence electrons. The number of benzene rings is 2. The zero-order valence-electron chi connectivity index (χ0n) is 15.3. The summed E-state index contributed by atoms with van der Waals surface area (Å²) in [5.41, 5.74) is 9.69. The van der Waals surface area contributed by atoms with Crippen molar-refractivity contribution in [3.05, 3.63) is 59.7 Å². The Hall–Kier alpha value is -1.96. The van der Waals surface area contributed by atoms with Crippen LogP contribution >= 0.6 is 24.0 Å². The first-order valence-electron chi connectivity index (χ1n) is 8.68. The molecule has 0 aromatic heterocycles. The van der Waals surface area contributed by atoms with Crippen molar-refractivity contribution in [1.29, 1.82) is 0 Å². The highest BCUT2D eigenvalue weighted by Gasteiger charge is 2.21. The van der Waals surface area contributed by atoms with Gasteiger partial charge in [-0.3, -0.25) is 4.99 Å². The summed E-state index contributed by atoms with van der Waals surface area (Å²) in [6.45, 7) is 1.37. The van der Waals surface area contributed by atoms with Gasteiger partial charge in [-0.1, -0.05) is 30.3 Å². The van der Waals surface area contributed by atoms with Crippen molar-refractivity contribution in [3.63, 3.8) is 0 Å². The van der Waals surface area contributed by atoms with Crippen molar-refractivity contribution in [3.8, 4) is 5.75 Å². The van der Waals surface area contributed by atoms with Crippen LogP contribution in [0.2, 0.25) is 0 Å². The van der Waals surface area contributed by atoms with Gasteiger partial charge in [0.05, 0.1) is 12.6 Å². The van der Waals surface area contributed by atoms with E-state index in [1.165, 1.54) is 11.3 Å². The predicted molar refractivity (Wildman–Crippen MR) is 119 cm³/mol. The number of para-hydroxylation sites is 1. The molecule has 2 aromatic carbocycles. The highest BCUT2D eigenvalue weighted by atomic mass is 127. The van der Waals surface area contributed by atoms with E-state index in [-0.39, 0.29) is 30.0 Å². The Morgan fingerprint density at radius 2 is 1.92 bits per heavy atom. The van der Waals surface area contributed by atoms with Gasteiger partial charge in [-0.15, -0.1) is 24.0 Å². The van der Waals surface area contributed by atoms with E-state index < -0.39 is 0 Å². The number of hydrogen-bond acceptors (Lipinski definition) is 3. The summed E-state index contributed by atoms with van der Waals surface area (Å²) >= 11 is 0. The summed E-state index contributed by atoms with van der Waals surface area (Å²) in [7, 11) is 4.08. The van der Waals surface area contributed by atoms with Gasteiger partial charge in [0.1, 0.15) is 5.75 Å². The van der Waals surface area contributed by atoms with E-state index >= 15 is 0 Å². The molecule has 1 aliphatic rings. The molecule has 0 aliphatic carbocycles. The van der Waals surface area contributed by atoms with Crippen LogP contribution in [-0.2, 0) is 6.42 Å². The minimum atomic E-state index is 0. The van der Waals surface area contributed by atoms with E-state index in [0.29, 0.717) is 19.1 Å². The van der Waals surface area contributed by atoms with Crippen LogP contribution in [0.25, 0.3) is 0 Å². The van der Waals surface area contributed by atoms with Crippen molar-refractivity contribution in [2.75, 3.05) is 32.1 Å². The van der Waals surface area contributed by atoms with Crippen molar-refractivity contribution in [1.82, 2.24) is 5.32 Å². The Kier molecular flexibility index (Phi) is 7.56. The number of anilines is 1. The summed E-state index contributed by atoms with van der Waals surface area (Å²) in [6, 6.07) is 16.8. The molecule has 1 aliphatic heterocycles. The number of ether oxygens (including phenoxy) is 1. The lowest BCUT2D eigenvalue weighted by Crippen LogP contribution is -2.37. The molecule has 1 heterocycles. The summed E-state index contributed by atoms with van der Waals surface area (Å²) in [5.74, 6) is 1.42. The summed E-state index contributed by atoms with van der Waals surface area (Å²) in [6.07, 6.45) is 1.76. The Labute approximate surface area is 172 Å². The van der Waals surface area contributed by atoms with Crippen molar-refractivity contribution in [2.24, 2.45) is 10.7 Å². The van der Waals surface area contributed by atoms with Gasteiger partial charge in [-0.05, 0) is 30.2 Å². The van der Waals surface area contributed by atoms with E-state index in [0.717, 1.165) is 24.2 Å². The fourth-order valence-corrected chi connectivity index (χ4v) is 2.98. The number of aliphatic imine (C=N–C) groups is 1. The van der Waals surface area contributed by atoms with Gasteiger partial charge in [0.2, 0.25) is 0 Å². The number of nitrogens with one attached hydrogen (secondary N) is 1. The molecular weight excluding hydrogens is 439 g/mol. The van der Waals surface area contributed by atoms with Crippen LogP contribution in [0.1, 0.15) is 23.6 Å². The summed E-state index contributed by atoms with van der Waals surface area (Å²) in [5, 5.41) is 3.33. The minimum absolute atomic E-state index is 0. The standard InChI is InChI=1S/C20H26N4O.HI/c1-24(2)16-9-7-15(8-10-16)11-13-22-20(21)23-18-12-14-25-19-6-4-3-5-17(18)19;/h3-10,18H,11-14H2,1-2H3,(H3,21,22,23);1H. The average Bonchev–Trinajstić information content (AvgIpc) is 2.62. The average molecular weight is 466 g/mol. The smallest absolute Gasteiger partial charge is 0.189 e. The topological polar surface area (TPSA) is 62.9 Å². The van der Waals surface area contributed by atoms with E-state index in [2.05, 4.69) is 45.5 Å². The molecule has 26 heavy (non-hydrogen) atoms. The van der Waals surface area contributed by atoms with Crippen LogP contribution < -0.4 is 20.7 Å². The number of fused-ring (bicyclic) bond motifs is 1. The Bertz CT molecular complexity index is 731. The predicted octanol–water partition coefficient (Wildman–Crippen LogP) is 3.34. The molecule has 3 rings (SSSR count). The van der Waals surface area contributed by atoms with Crippen LogP contribution in [0.3, 0.4) is 0 Å². The van der Waals surface area contributed by atoms with Crippen LogP contribution in [0.5, 0.6) is 5.75 Å². The molecule has 1 atom stereocenters. The second-order valence-electron chi connectivity index (χ2n) is 6.45. The Morgan fingerprint density at radius 3 is 2.65 bits per heavy atom. The molecule has 0 radical (unpaired) electrons. The van der Waals surface area contributed by atoms with Crippen molar-refractivity contribution in [2.45, 2.75) is 18.9 Å². The number of nitrogens with zero attached hydrogens (tertiary/aromatic N) is 2. The first kappa shape index (κ1) is 20.4. The molecule has 6 heteroatoms. The van der Waals surface area contributed by atoms with Crippen LogP contribution in [0.15, 0.2) is 53.5 Å². The minimum Gasteiger partial charge on any atom is -0.493 e. The molecule has 0 saturated heterocycles. The molecule has 0 bridgehead atoms. The Balaban J connectivity index is 0.00000243. The molecule has 0 saturated carbocycles. The molecule has 2 aromatic rings. The number of rotatable bonds is 5. The maximum Gasteiger partial charge on any atom is 0.189 e. The summed E-state index contributed by atoms with van der Waals surface area (Å²) < 4.78 is 5.68. The van der Waals surface area contributed by atoms with E-state index in [1.807, 2.05) is 32.3 Å². The summed E-state index contributed by atoms with van der Waals surface area (Å²) in [4.78, 5) is 6.57. The Morgan fingerprint density at radius 1 is 1.19 bits per heavy atom. The molecule has 5 nitrogen and oxygen atoms in total. The van der Waals surface area contributed by atoms with E-state index in [9.17, 15) is 0 Å². The van der Waals surface area contributed by atoms with Crippen LogP contribution in [0, 0.1) is 0 Å². The highest BCUT2D eigenvalue weighted by molar-refractivity contribution is 14.0. The second-order valence-corrected chi connectivity index (χ2v) is 6.45. The molecular formula is C20H27IN4O. The number of halogens is 1. The van der Waals surface area contributed by atoms with Gasteiger partial charge >= 0.3 is 0 Å². The third-order valence-corrected chi connectivity index (χ3v) is 4.42. The lowest BCUT2D eigenvalue weighted by Gasteiger charge is -2.26. The van der Waals surface area contributed by atoms with Gasteiger partial charge in [0, 0.05) is 38.3 Å². The van der Waals surface area contributed by atoms with Crippen LogP contribution in [-0.4, -0.2) is 33.2 Å². The lowest BCUT2D eigenvalue weighted by atomic mass is 10.0. The molecule has 0 amide bonds. The van der Waals surface area contributed by atoms with Crippen molar-refractivity contribution < 1.29 is 4.74 Å². The first-order chi connectivity index (χ1) is 12.1. The van der Waals surface area contributed by atoms with E-state index in [1.54, 1.807) is 0 Å². The normalized spacial score (nSPS) is 16.1. The molecule has 0 fully saturated rings. The van der Waals surface area contributed by atoms with Crippen molar-refractivity contribution >= 4 is 35.6 Å². The molecule has 0 spiro atoms. The quantitative estimate of drug-likeness (QED) is 0.403. The number of hydrogen-bond donors (Lipinski definition) is 2. The monoisotopic (exact) mass is 466 g/mol. The van der Waals surface area contributed by atoms with Gasteiger partial charge in [-0.2, -0.15) is 0 Å². The van der Waals surface area contributed by atoms with Crippen LogP contribution in [0.4, 0.5) is 5.69 Å². The van der Waals surface area contributed by atoms with E-state index in [4.69, 9.17) is 10.5 Å². The highest BCUT2D eigenvalue weighted by Crippen LogP contribution is 2.31. The third kappa shape index (κ3) is 5.27. The largest absolute Gasteiger partial charge is 0.493 e.